The molecule has 0 spiro atoms. The van der Waals surface area contributed by atoms with Gasteiger partial charge in [-0.1, -0.05) is 40.3 Å². The summed E-state index contributed by atoms with van der Waals surface area (Å²) in [6.45, 7) is 16.2. The Labute approximate surface area is 128 Å². The van der Waals surface area contributed by atoms with E-state index in [-0.39, 0.29) is 17.1 Å². The molecule has 1 unspecified atom stereocenters. The molecule has 0 fully saturated rings. The summed E-state index contributed by atoms with van der Waals surface area (Å²) in [7, 11) is 0. The van der Waals surface area contributed by atoms with E-state index in [4.69, 9.17) is 9.47 Å². The highest BCUT2D eigenvalue weighted by molar-refractivity contribution is 5.89. The molecular weight excluding hydrogens is 268 g/mol. The summed E-state index contributed by atoms with van der Waals surface area (Å²) in [6, 6.07) is 0. The van der Waals surface area contributed by atoms with Gasteiger partial charge >= 0.3 is 11.9 Å². The fraction of sp³-hybridized carbons (Fsp3) is 0.647. The zero-order valence-corrected chi connectivity index (χ0v) is 14.0. The Bertz CT molecular complexity index is 381. The Morgan fingerprint density at radius 3 is 1.67 bits per heavy atom. The average molecular weight is 296 g/mol. The van der Waals surface area contributed by atoms with Gasteiger partial charge < -0.3 is 9.47 Å². The summed E-state index contributed by atoms with van der Waals surface area (Å²) >= 11 is 0. The second-order valence-corrected chi connectivity index (χ2v) is 5.40. The summed E-state index contributed by atoms with van der Waals surface area (Å²) in [5.41, 5.74) is 0.566. The monoisotopic (exact) mass is 296 g/mol. The summed E-state index contributed by atoms with van der Waals surface area (Å²) < 4.78 is 11.1. The number of hydrogen-bond donors (Lipinski definition) is 0. The van der Waals surface area contributed by atoms with Gasteiger partial charge in [-0.3, -0.25) is 0 Å². The summed E-state index contributed by atoms with van der Waals surface area (Å²) in [5.74, 6) is -2.39. The van der Waals surface area contributed by atoms with Crippen molar-refractivity contribution in [3.8, 4) is 0 Å². The molecule has 0 aromatic heterocycles. The van der Waals surface area contributed by atoms with Gasteiger partial charge in [0.25, 0.3) is 5.79 Å². The SMILES string of the molecule is C=C(C)C(=O)OC(CC)(OC(=O)C(=C)C)C(CC)CCC. The molecule has 0 amide bonds. The van der Waals surface area contributed by atoms with E-state index in [0.29, 0.717) is 6.42 Å². The molecule has 0 aliphatic rings. The van der Waals surface area contributed by atoms with E-state index in [9.17, 15) is 9.59 Å². The average Bonchev–Trinajstić information content (AvgIpc) is 2.43. The van der Waals surface area contributed by atoms with E-state index < -0.39 is 17.7 Å². The fourth-order valence-electron chi connectivity index (χ4n) is 2.19. The Balaban J connectivity index is 5.54. The van der Waals surface area contributed by atoms with Crippen LogP contribution in [0.2, 0.25) is 0 Å². The lowest BCUT2D eigenvalue weighted by Gasteiger charge is -2.38. The van der Waals surface area contributed by atoms with Crippen molar-refractivity contribution < 1.29 is 19.1 Å². The van der Waals surface area contributed by atoms with Crippen LogP contribution in [-0.2, 0) is 19.1 Å². The zero-order chi connectivity index (χ0) is 16.6. The number of esters is 2. The first-order valence-electron chi connectivity index (χ1n) is 7.51. The van der Waals surface area contributed by atoms with Gasteiger partial charge in [0.2, 0.25) is 0 Å². The predicted octanol–water partition coefficient (Wildman–Crippen LogP) is 4.16. The first-order chi connectivity index (χ1) is 9.73. The van der Waals surface area contributed by atoms with Crippen LogP contribution < -0.4 is 0 Å². The molecule has 0 radical (unpaired) electrons. The van der Waals surface area contributed by atoms with E-state index in [1.807, 2.05) is 20.8 Å². The molecule has 0 aliphatic heterocycles. The lowest BCUT2D eigenvalue weighted by Crippen LogP contribution is -2.46. The largest absolute Gasteiger partial charge is 0.419 e. The van der Waals surface area contributed by atoms with Gasteiger partial charge in [-0.15, -0.1) is 0 Å². The molecule has 0 heterocycles. The van der Waals surface area contributed by atoms with Gasteiger partial charge in [-0.2, -0.15) is 0 Å². The number of carbonyl (C=O) groups excluding carboxylic acids is 2. The van der Waals surface area contributed by atoms with Crippen molar-refractivity contribution >= 4 is 11.9 Å². The van der Waals surface area contributed by atoms with E-state index >= 15 is 0 Å². The minimum absolute atomic E-state index is 0.0564. The van der Waals surface area contributed by atoms with Crippen LogP contribution in [0.1, 0.15) is 60.3 Å². The molecule has 0 aromatic carbocycles. The van der Waals surface area contributed by atoms with Gasteiger partial charge in [-0.05, 0) is 26.7 Å². The summed E-state index contributed by atoms with van der Waals surface area (Å²) in [5, 5.41) is 0. The number of rotatable bonds is 9. The minimum Gasteiger partial charge on any atom is -0.419 e. The highest BCUT2D eigenvalue weighted by Crippen LogP contribution is 2.35. The van der Waals surface area contributed by atoms with Crippen LogP contribution in [0, 0.1) is 5.92 Å². The smallest absolute Gasteiger partial charge is 0.336 e. The van der Waals surface area contributed by atoms with Crippen LogP contribution in [0.4, 0.5) is 0 Å². The second kappa shape index (κ2) is 8.65. The molecule has 0 rings (SSSR count). The predicted molar refractivity (Wildman–Crippen MR) is 83.5 cm³/mol. The third kappa shape index (κ3) is 5.37. The lowest BCUT2D eigenvalue weighted by atomic mass is 9.88. The molecule has 0 aliphatic carbocycles. The maximum absolute atomic E-state index is 12.0. The van der Waals surface area contributed by atoms with Gasteiger partial charge in [-0.25, -0.2) is 9.59 Å². The highest BCUT2D eigenvalue weighted by atomic mass is 16.7. The van der Waals surface area contributed by atoms with Gasteiger partial charge in [0.15, 0.2) is 0 Å². The molecule has 4 heteroatoms. The van der Waals surface area contributed by atoms with Crippen LogP contribution >= 0.6 is 0 Å². The normalized spacial score (nSPS) is 12.4. The molecule has 120 valence electrons. The molecule has 1 atom stereocenters. The fourth-order valence-corrected chi connectivity index (χ4v) is 2.19. The number of hydrogen-bond acceptors (Lipinski definition) is 4. The van der Waals surface area contributed by atoms with Crippen LogP contribution in [0.15, 0.2) is 24.3 Å². The van der Waals surface area contributed by atoms with Crippen LogP contribution in [0.5, 0.6) is 0 Å². The second-order valence-electron chi connectivity index (χ2n) is 5.40. The topological polar surface area (TPSA) is 52.6 Å². The molecule has 0 aromatic rings. The van der Waals surface area contributed by atoms with Crippen molar-refractivity contribution in [3.63, 3.8) is 0 Å². The van der Waals surface area contributed by atoms with E-state index in [0.717, 1.165) is 19.3 Å². The van der Waals surface area contributed by atoms with E-state index in [1.54, 1.807) is 13.8 Å². The van der Waals surface area contributed by atoms with Crippen LogP contribution in [0.3, 0.4) is 0 Å². The highest BCUT2D eigenvalue weighted by Gasteiger charge is 2.43. The maximum atomic E-state index is 12.0. The number of carbonyl (C=O) groups is 2. The van der Waals surface area contributed by atoms with Crippen molar-refractivity contribution in [2.24, 2.45) is 5.92 Å². The Morgan fingerprint density at radius 1 is 1.00 bits per heavy atom. The van der Waals surface area contributed by atoms with Crippen molar-refractivity contribution in [2.75, 3.05) is 0 Å². The van der Waals surface area contributed by atoms with Gasteiger partial charge in [0, 0.05) is 23.5 Å². The molecule has 0 bridgehead atoms. The Morgan fingerprint density at radius 2 is 1.43 bits per heavy atom. The van der Waals surface area contributed by atoms with Crippen LogP contribution in [-0.4, -0.2) is 17.7 Å². The van der Waals surface area contributed by atoms with Crippen molar-refractivity contribution in [3.05, 3.63) is 24.3 Å². The number of ether oxygens (including phenoxy) is 2. The molecule has 0 saturated heterocycles. The van der Waals surface area contributed by atoms with E-state index in [1.165, 1.54) is 0 Å². The Hall–Kier alpha value is -1.58. The first kappa shape index (κ1) is 19.4. The lowest BCUT2D eigenvalue weighted by molar-refractivity contribution is -0.246. The quantitative estimate of drug-likeness (QED) is 0.364. The molecule has 21 heavy (non-hydrogen) atoms. The third-order valence-electron chi connectivity index (χ3n) is 3.47. The maximum Gasteiger partial charge on any atom is 0.336 e. The first-order valence-corrected chi connectivity index (χ1v) is 7.51. The Kier molecular flexibility index (Phi) is 8.00. The molecule has 4 nitrogen and oxygen atoms in total. The molecule has 0 N–H and O–H groups in total. The zero-order valence-electron chi connectivity index (χ0n) is 14.0. The summed E-state index contributed by atoms with van der Waals surface area (Å²) in [6.07, 6.45) is 2.85. The molecule has 0 saturated carbocycles. The molecular formula is C17H28O4. The minimum atomic E-state index is -1.25. The van der Waals surface area contributed by atoms with Gasteiger partial charge in [0.1, 0.15) is 0 Å². The van der Waals surface area contributed by atoms with Crippen molar-refractivity contribution in [1.82, 2.24) is 0 Å². The standard InChI is InChI=1S/C17H28O4/c1-8-11-14(9-2)17(10-3,20-15(18)12(4)5)21-16(19)13(6)7/h14H,4,6,8-11H2,1-3,5,7H3. The van der Waals surface area contributed by atoms with E-state index in [2.05, 4.69) is 13.2 Å². The van der Waals surface area contributed by atoms with Crippen LogP contribution in [0.25, 0.3) is 0 Å². The van der Waals surface area contributed by atoms with Crippen molar-refractivity contribution in [1.29, 1.82) is 0 Å². The summed E-state index contributed by atoms with van der Waals surface area (Å²) in [4.78, 5) is 23.9. The van der Waals surface area contributed by atoms with Gasteiger partial charge in [0.05, 0.1) is 0 Å². The third-order valence-corrected chi connectivity index (χ3v) is 3.47. The van der Waals surface area contributed by atoms with Crippen molar-refractivity contribution in [2.45, 2.75) is 66.1 Å².